The Morgan fingerprint density at radius 1 is 0.733 bits per heavy atom. The number of phenols is 2. The average molecular weight is 1060 g/mol. The van der Waals surface area contributed by atoms with Crippen LogP contribution in [0.25, 0.3) is 10.8 Å². The zero-order valence-corrected chi connectivity index (χ0v) is 32.3. The number of esters is 2. The van der Waals surface area contributed by atoms with Gasteiger partial charge in [0.15, 0.2) is 0 Å². The number of hydrogen-bond acceptors (Lipinski definition) is 9. The number of rotatable bonds is 9. The monoisotopic (exact) mass is 1060 g/mol. The third-order valence-corrected chi connectivity index (χ3v) is 9.66. The Morgan fingerprint density at radius 3 is 1.69 bits per heavy atom. The molecule has 10 nitrogen and oxygen atoms in total. The van der Waals surface area contributed by atoms with Crippen LogP contribution in [-0.2, 0) is 32.0 Å². The van der Waals surface area contributed by atoms with E-state index in [1.807, 2.05) is 133 Å². The van der Waals surface area contributed by atoms with Crippen LogP contribution in [0.4, 0.5) is 5.69 Å². The average Bonchev–Trinajstić information content (AvgIpc) is 2.98. The van der Waals surface area contributed by atoms with Crippen LogP contribution < -0.4 is 16.8 Å². The lowest BCUT2D eigenvalue weighted by Gasteiger charge is -2.16. The molecule has 4 aromatic rings. The molecule has 0 aliphatic carbocycles. The van der Waals surface area contributed by atoms with E-state index in [9.17, 15) is 24.6 Å². The molecule has 0 spiro atoms. The highest BCUT2D eigenvalue weighted by molar-refractivity contribution is 14.1. The van der Waals surface area contributed by atoms with Gasteiger partial charge in [-0.25, -0.2) is 9.59 Å². The molecule has 0 fully saturated rings. The molecular formula is C31H29I4N3O7. The molecule has 0 saturated carbocycles. The summed E-state index contributed by atoms with van der Waals surface area (Å²) in [6.07, 6.45) is 0.465. The zero-order valence-electron chi connectivity index (χ0n) is 23.6. The number of anilines is 1. The van der Waals surface area contributed by atoms with Gasteiger partial charge in [-0.2, -0.15) is 0 Å². The Morgan fingerprint density at radius 2 is 1.20 bits per heavy atom. The summed E-state index contributed by atoms with van der Waals surface area (Å²) in [6.45, 7) is 1.63. The zero-order chi connectivity index (χ0) is 33.4. The molecule has 0 aliphatic heterocycles. The summed E-state index contributed by atoms with van der Waals surface area (Å²) in [6, 6.07) is 18.0. The second-order valence-electron chi connectivity index (χ2n) is 9.94. The molecule has 4 aromatic carbocycles. The van der Waals surface area contributed by atoms with Crippen molar-refractivity contribution in [2.24, 2.45) is 11.5 Å². The lowest BCUT2D eigenvalue weighted by molar-refractivity contribution is -0.161. The first-order valence-electron chi connectivity index (χ1n) is 13.2. The number of carboxylic acids is 1. The van der Waals surface area contributed by atoms with Crippen molar-refractivity contribution < 1.29 is 34.4 Å². The van der Waals surface area contributed by atoms with E-state index in [0.29, 0.717) is 14.3 Å². The van der Waals surface area contributed by atoms with E-state index in [4.69, 9.17) is 21.3 Å². The van der Waals surface area contributed by atoms with Crippen LogP contribution in [0.2, 0.25) is 0 Å². The van der Waals surface area contributed by atoms with E-state index >= 15 is 0 Å². The van der Waals surface area contributed by atoms with Crippen molar-refractivity contribution in [2.75, 3.05) is 5.32 Å². The number of nitrogens with one attached hydrogen (secondary N) is 1. The fraction of sp³-hybridized carbons (Fsp3) is 0.194. The molecule has 0 bridgehead atoms. The molecule has 0 aromatic heterocycles. The van der Waals surface area contributed by atoms with Crippen LogP contribution >= 0.6 is 90.4 Å². The molecule has 0 saturated heterocycles. The largest absolute Gasteiger partial charge is 0.506 e. The Kier molecular flexibility index (Phi) is 14.3. The van der Waals surface area contributed by atoms with Crippen molar-refractivity contribution in [1.29, 1.82) is 0 Å². The van der Waals surface area contributed by atoms with E-state index in [2.05, 4.69) is 5.32 Å². The van der Waals surface area contributed by atoms with Crippen LogP contribution in [0, 0.1) is 14.3 Å². The van der Waals surface area contributed by atoms with Crippen molar-refractivity contribution in [1.82, 2.24) is 0 Å². The van der Waals surface area contributed by atoms with Gasteiger partial charge in [0.05, 0.1) is 14.3 Å². The van der Waals surface area contributed by atoms with E-state index in [0.717, 1.165) is 27.6 Å². The maximum atomic E-state index is 12.3. The van der Waals surface area contributed by atoms with Crippen LogP contribution in [0.5, 0.6) is 11.5 Å². The number of fused-ring (bicyclic) bond motifs is 1. The molecule has 3 atom stereocenters. The predicted molar refractivity (Wildman–Crippen MR) is 206 cm³/mol. The molecule has 0 amide bonds. The van der Waals surface area contributed by atoms with Gasteiger partial charge in [-0.3, -0.25) is 4.79 Å². The van der Waals surface area contributed by atoms with Crippen LogP contribution in [0.3, 0.4) is 0 Å². The molecule has 0 aliphatic rings. The number of benzene rings is 4. The lowest BCUT2D eigenvalue weighted by atomic mass is 10.1. The van der Waals surface area contributed by atoms with E-state index in [-0.39, 0.29) is 24.3 Å². The molecule has 238 valence electrons. The SMILES string of the molecule is C[C@H](Nc1ccc2ccccc2c1)C(=O)OC(=O)[C@@H](N)Cc1cc(I)c(O)c(I)c1.N[C@@H](Cc1cc(I)c(O)c(I)c1)C(=O)O. The minimum Gasteiger partial charge on any atom is -0.506 e. The summed E-state index contributed by atoms with van der Waals surface area (Å²) >= 11 is 8.01. The summed E-state index contributed by atoms with van der Waals surface area (Å²) in [5, 5.41) is 33.2. The highest BCUT2D eigenvalue weighted by Crippen LogP contribution is 2.29. The summed E-state index contributed by atoms with van der Waals surface area (Å²) in [7, 11) is 0. The summed E-state index contributed by atoms with van der Waals surface area (Å²) in [5.74, 6) is -2.08. The molecule has 45 heavy (non-hydrogen) atoms. The van der Waals surface area contributed by atoms with Crippen molar-refractivity contribution in [2.45, 2.75) is 37.9 Å². The van der Waals surface area contributed by atoms with Crippen molar-refractivity contribution in [3.8, 4) is 11.5 Å². The second kappa shape index (κ2) is 17.2. The van der Waals surface area contributed by atoms with Gasteiger partial charge in [-0.05, 0) is 168 Å². The first-order valence-corrected chi connectivity index (χ1v) is 17.6. The maximum Gasteiger partial charge on any atom is 0.335 e. The third-order valence-electron chi connectivity index (χ3n) is 6.37. The Balaban J connectivity index is 0.000000309. The summed E-state index contributed by atoms with van der Waals surface area (Å²) in [4.78, 5) is 35.2. The normalized spacial score (nSPS) is 12.8. The first-order chi connectivity index (χ1) is 21.2. The number of aromatic hydroxyl groups is 2. The van der Waals surface area contributed by atoms with Crippen molar-refractivity contribution in [3.05, 3.63) is 92.1 Å². The Hall–Kier alpha value is -2.01. The number of carboxylic acid groups (broad SMARTS) is 1. The number of ether oxygens (including phenoxy) is 1. The van der Waals surface area contributed by atoms with Gasteiger partial charge < -0.3 is 36.8 Å². The topological polar surface area (TPSA) is 185 Å². The molecule has 0 heterocycles. The van der Waals surface area contributed by atoms with E-state index in [1.165, 1.54) is 0 Å². The van der Waals surface area contributed by atoms with Crippen LogP contribution in [0.15, 0.2) is 66.7 Å². The molecule has 0 unspecified atom stereocenters. The highest BCUT2D eigenvalue weighted by Gasteiger charge is 2.24. The summed E-state index contributed by atoms with van der Waals surface area (Å²) in [5.41, 5.74) is 13.7. The van der Waals surface area contributed by atoms with E-state index < -0.39 is 36.0 Å². The number of phenolic OH excluding ortho intramolecular Hbond substituents is 2. The Bertz CT molecular complexity index is 1670. The molecule has 14 heteroatoms. The van der Waals surface area contributed by atoms with E-state index in [1.54, 1.807) is 31.2 Å². The number of halogens is 4. The minimum absolute atomic E-state index is 0.194. The van der Waals surface area contributed by atoms with Crippen molar-refractivity contribution >= 4 is 125 Å². The third kappa shape index (κ3) is 11.0. The van der Waals surface area contributed by atoms with Crippen molar-refractivity contribution in [3.63, 3.8) is 0 Å². The number of carbonyl (C=O) groups is 3. The molecule has 4 rings (SSSR count). The number of aliphatic carboxylic acids is 1. The number of carbonyl (C=O) groups excluding carboxylic acids is 2. The highest BCUT2D eigenvalue weighted by atomic mass is 127. The van der Waals surface area contributed by atoms with Gasteiger partial charge >= 0.3 is 17.9 Å². The van der Waals surface area contributed by atoms with Gasteiger partial charge in [-0.1, -0.05) is 30.3 Å². The predicted octanol–water partition coefficient (Wildman–Crippen LogP) is 5.75. The van der Waals surface area contributed by atoms with Crippen LogP contribution in [-0.4, -0.2) is 51.4 Å². The van der Waals surface area contributed by atoms with Gasteiger partial charge in [0.1, 0.15) is 29.6 Å². The van der Waals surface area contributed by atoms with Gasteiger partial charge in [0.25, 0.3) is 0 Å². The van der Waals surface area contributed by atoms with Gasteiger partial charge in [-0.15, -0.1) is 0 Å². The number of nitrogens with two attached hydrogens (primary N) is 2. The smallest absolute Gasteiger partial charge is 0.335 e. The maximum absolute atomic E-state index is 12.3. The fourth-order valence-corrected chi connectivity index (χ4v) is 7.80. The summed E-state index contributed by atoms with van der Waals surface area (Å²) < 4.78 is 7.71. The Labute approximate surface area is 314 Å². The van der Waals surface area contributed by atoms with Gasteiger partial charge in [0, 0.05) is 5.69 Å². The standard InChI is InChI=1S/C22H20I2N2O4.C9H9I2NO3/c1-12(26-16-7-6-14-4-2-3-5-15(14)11-16)21(28)30-22(29)19(25)10-13-8-17(23)20(27)18(24)9-13;10-5-1-4(2-6(11)8(5)13)3-7(12)9(14)15/h2-9,11-12,19,26-27H,10,25H2,1H3;1-2,7,13H,3,12H2,(H,14,15)/t12-,19-;7-/m00/s1. The number of hydrogen-bond donors (Lipinski definition) is 6. The quantitative estimate of drug-likeness (QED) is 0.0686. The molecule has 8 N–H and O–H groups in total. The first kappa shape index (κ1) is 37.4. The van der Waals surface area contributed by atoms with Crippen LogP contribution in [0.1, 0.15) is 18.1 Å². The minimum atomic E-state index is -1.02. The second-order valence-corrected chi connectivity index (χ2v) is 14.6. The molecular weight excluding hydrogens is 1030 g/mol. The fourth-order valence-electron chi connectivity index (χ4n) is 4.00. The lowest BCUT2D eigenvalue weighted by Crippen LogP contribution is -2.39. The molecule has 0 radical (unpaired) electrons. The van der Waals surface area contributed by atoms with Gasteiger partial charge in [0.2, 0.25) is 0 Å².